The molecule has 2 aromatic rings. The van der Waals surface area contributed by atoms with E-state index in [9.17, 15) is 9.59 Å². The van der Waals surface area contributed by atoms with E-state index in [0.29, 0.717) is 17.7 Å². The van der Waals surface area contributed by atoms with Gasteiger partial charge in [-0.2, -0.15) is 5.10 Å². The number of nitrogens with one attached hydrogen (secondary N) is 1. The van der Waals surface area contributed by atoms with Crippen molar-refractivity contribution < 1.29 is 9.59 Å². The smallest absolute Gasteiger partial charge is 0.255 e. The summed E-state index contributed by atoms with van der Waals surface area (Å²) in [7, 11) is 0. The second kappa shape index (κ2) is 13.7. The standard InChI is InChI=1S/C29H39N3O2/c1-3-4-5-6-7-8-9-10-11-12-13-24-14-18-26(19-15-24)30-29(34)25-16-20-27(21-17-25)32-28(33)22-23(2)31-32/h14-21H,3-13,22H2,1-2H3,(H,30,34). The lowest BCUT2D eigenvalue weighted by molar-refractivity contribution is -0.116. The van der Waals surface area contributed by atoms with Crippen molar-refractivity contribution in [1.29, 1.82) is 0 Å². The first-order chi connectivity index (χ1) is 16.6. The summed E-state index contributed by atoms with van der Waals surface area (Å²) in [6.45, 7) is 4.10. The summed E-state index contributed by atoms with van der Waals surface area (Å²) in [5.74, 6) is -0.214. The Morgan fingerprint density at radius 2 is 1.44 bits per heavy atom. The monoisotopic (exact) mass is 461 g/mol. The van der Waals surface area contributed by atoms with Crippen molar-refractivity contribution in [3.8, 4) is 0 Å². The van der Waals surface area contributed by atoms with Crippen molar-refractivity contribution in [2.24, 2.45) is 5.10 Å². The number of hydrogen-bond acceptors (Lipinski definition) is 3. The Bertz CT molecular complexity index is 948. The number of nitrogens with zero attached hydrogens (tertiary/aromatic N) is 2. The summed E-state index contributed by atoms with van der Waals surface area (Å²) in [5, 5.41) is 8.59. The van der Waals surface area contributed by atoms with Crippen LogP contribution in [-0.4, -0.2) is 17.5 Å². The van der Waals surface area contributed by atoms with Crippen LogP contribution in [0.1, 0.15) is 100 Å². The lowest BCUT2D eigenvalue weighted by atomic mass is 10.0. The number of rotatable bonds is 14. The summed E-state index contributed by atoms with van der Waals surface area (Å²) in [6.07, 6.45) is 14.9. The molecule has 2 amide bonds. The number of hydrazone groups is 1. The van der Waals surface area contributed by atoms with Crippen LogP contribution >= 0.6 is 0 Å². The maximum atomic E-state index is 12.6. The van der Waals surface area contributed by atoms with E-state index in [0.717, 1.165) is 17.8 Å². The van der Waals surface area contributed by atoms with Crippen LogP contribution in [0.15, 0.2) is 53.6 Å². The number of carbonyl (C=O) groups excluding carboxylic acids is 2. The minimum absolute atomic E-state index is 0.0485. The number of aryl methyl sites for hydroxylation is 1. The Kier molecular flexibility index (Phi) is 10.3. The average Bonchev–Trinajstić information content (AvgIpc) is 3.19. The van der Waals surface area contributed by atoms with Gasteiger partial charge in [-0.1, -0.05) is 76.8 Å². The van der Waals surface area contributed by atoms with E-state index in [4.69, 9.17) is 0 Å². The van der Waals surface area contributed by atoms with Crippen LogP contribution in [0, 0.1) is 0 Å². The summed E-state index contributed by atoms with van der Waals surface area (Å²) in [5.41, 5.74) is 4.12. The van der Waals surface area contributed by atoms with Crippen LogP contribution in [0.25, 0.3) is 0 Å². The predicted molar refractivity (Wildman–Crippen MR) is 142 cm³/mol. The molecule has 5 heteroatoms. The zero-order valence-electron chi connectivity index (χ0n) is 20.8. The minimum Gasteiger partial charge on any atom is -0.322 e. The molecule has 2 aromatic carbocycles. The summed E-state index contributed by atoms with van der Waals surface area (Å²) in [4.78, 5) is 24.6. The van der Waals surface area contributed by atoms with Gasteiger partial charge in [0.2, 0.25) is 0 Å². The Morgan fingerprint density at radius 1 is 0.853 bits per heavy atom. The fourth-order valence-electron chi connectivity index (χ4n) is 4.29. The van der Waals surface area contributed by atoms with Gasteiger partial charge < -0.3 is 5.32 Å². The third-order valence-electron chi connectivity index (χ3n) is 6.32. The van der Waals surface area contributed by atoms with Crippen LogP contribution < -0.4 is 10.3 Å². The molecular weight excluding hydrogens is 422 g/mol. The average molecular weight is 462 g/mol. The van der Waals surface area contributed by atoms with E-state index in [1.165, 1.54) is 74.8 Å². The number of unbranched alkanes of at least 4 members (excludes halogenated alkanes) is 9. The van der Waals surface area contributed by atoms with Gasteiger partial charge in [-0.25, -0.2) is 5.01 Å². The molecule has 0 aromatic heterocycles. The molecule has 0 spiro atoms. The maximum Gasteiger partial charge on any atom is 0.255 e. The van der Waals surface area contributed by atoms with Crippen LogP contribution in [0.4, 0.5) is 11.4 Å². The van der Waals surface area contributed by atoms with Crippen molar-refractivity contribution in [2.45, 2.75) is 90.9 Å². The number of carbonyl (C=O) groups is 2. The van der Waals surface area contributed by atoms with E-state index < -0.39 is 0 Å². The molecule has 0 unspecified atom stereocenters. The van der Waals surface area contributed by atoms with Crippen molar-refractivity contribution in [3.63, 3.8) is 0 Å². The first kappa shape index (κ1) is 25.7. The largest absolute Gasteiger partial charge is 0.322 e. The van der Waals surface area contributed by atoms with Gasteiger partial charge in [-0.3, -0.25) is 9.59 Å². The van der Waals surface area contributed by atoms with Gasteiger partial charge in [0.1, 0.15) is 0 Å². The lowest BCUT2D eigenvalue weighted by Gasteiger charge is -2.12. The second-order valence-corrected chi connectivity index (χ2v) is 9.35. The van der Waals surface area contributed by atoms with Gasteiger partial charge in [-0.15, -0.1) is 0 Å². The molecule has 182 valence electrons. The Balaban J connectivity index is 1.36. The zero-order valence-corrected chi connectivity index (χ0v) is 20.8. The molecule has 0 atom stereocenters. The molecule has 0 radical (unpaired) electrons. The molecule has 1 aliphatic heterocycles. The number of hydrogen-bond donors (Lipinski definition) is 1. The maximum absolute atomic E-state index is 12.6. The van der Waals surface area contributed by atoms with E-state index in [2.05, 4.69) is 29.5 Å². The lowest BCUT2D eigenvalue weighted by Crippen LogP contribution is -2.19. The topological polar surface area (TPSA) is 61.8 Å². The van der Waals surface area contributed by atoms with Crippen molar-refractivity contribution >= 4 is 28.9 Å². The number of amides is 2. The third-order valence-corrected chi connectivity index (χ3v) is 6.32. The molecule has 0 saturated carbocycles. The van der Waals surface area contributed by atoms with Crippen LogP contribution in [0.2, 0.25) is 0 Å². The molecule has 0 aliphatic carbocycles. The summed E-state index contributed by atoms with van der Waals surface area (Å²) >= 11 is 0. The van der Waals surface area contributed by atoms with Crippen LogP contribution in [0.5, 0.6) is 0 Å². The molecule has 0 bridgehead atoms. The van der Waals surface area contributed by atoms with Crippen LogP contribution in [0.3, 0.4) is 0 Å². The van der Waals surface area contributed by atoms with Crippen molar-refractivity contribution in [1.82, 2.24) is 0 Å². The normalized spacial score (nSPS) is 13.3. The predicted octanol–water partition coefficient (Wildman–Crippen LogP) is 7.51. The van der Waals surface area contributed by atoms with Gasteiger partial charge in [0, 0.05) is 17.0 Å². The van der Waals surface area contributed by atoms with Gasteiger partial charge in [0.25, 0.3) is 11.8 Å². The van der Waals surface area contributed by atoms with E-state index in [1.54, 1.807) is 24.3 Å². The van der Waals surface area contributed by atoms with Gasteiger partial charge in [0.15, 0.2) is 0 Å². The quantitative estimate of drug-likeness (QED) is 0.296. The highest BCUT2D eigenvalue weighted by molar-refractivity contribution is 6.12. The third kappa shape index (κ3) is 8.12. The summed E-state index contributed by atoms with van der Waals surface area (Å²) < 4.78 is 0. The van der Waals surface area contributed by atoms with E-state index >= 15 is 0 Å². The SMILES string of the molecule is CCCCCCCCCCCCc1ccc(NC(=O)c2ccc(N3N=C(C)CC3=O)cc2)cc1. The van der Waals surface area contributed by atoms with Crippen molar-refractivity contribution in [2.75, 3.05) is 10.3 Å². The Hall–Kier alpha value is -2.95. The molecule has 1 N–H and O–H groups in total. The molecule has 0 fully saturated rings. The fraction of sp³-hybridized carbons (Fsp3) is 0.483. The van der Waals surface area contributed by atoms with Gasteiger partial charge >= 0.3 is 0 Å². The van der Waals surface area contributed by atoms with Gasteiger partial charge in [0.05, 0.1) is 12.1 Å². The fourth-order valence-corrected chi connectivity index (χ4v) is 4.29. The number of benzene rings is 2. The van der Waals surface area contributed by atoms with E-state index in [-0.39, 0.29) is 11.8 Å². The van der Waals surface area contributed by atoms with Crippen molar-refractivity contribution in [3.05, 3.63) is 59.7 Å². The molecule has 1 aliphatic rings. The van der Waals surface area contributed by atoms with Crippen LogP contribution in [-0.2, 0) is 11.2 Å². The highest BCUT2D eigenvalue weighted by atomic mass is 16.2. The first-order valence-electron chi connectivity index (χ1n) is 12.9. The number of anilines is 2. The molecule has 1 heterocycles. The van der Waals surface area contributed by atoms with Gasteiger partial charge in [-0.05, 0) is 61.7 Å². The molecule has 0 saturated heterocycles. The highest BCUT2D eigenvalue weighted by Crippen LogP contribution is 2.22. The highest BCUT2D eigenvalue weighted by Gasteiger charge is 2.22. The Labute approximate surface area is 204 Å². The molecular formula is C29H39N3O2. The van der Waals surface area contributed by atoms with E-state index in [1.807, 2.05) is 19.1 Å². The minimum atomic E-state index is -0.165. The molecule has 34 heavy (non-hydrogen) atoms. The molecule has 5 nitrogen and oxygen atoms in total. The first-order valence-corrected chi connectivity index (χ1v) is 12.9. The Morgan fingerprint density at radius 3 is 2.00 bits per heavy atom. The second-order valence-electron chi connectivity index (χ2n) is 9.35. The summed E-state index contributed by atoms with van der Waals surface area (Å²) in [6, 6.07) is 15.1. The molecule has 3 rings (SSSR count). The zero-order chi connectivity index (χ0) is 24.2.